The van der Waals surface area contributed by atoms with Crippen molar-refractivity contribution in [2.45, 2.75) is 20.8 Å². The van der Waals surface area contributed by atoms with E-state index < -0.39 is 0 Å². The molecule has 0 unspecified atom stereocenters. The topological polar surface area (TPSA) is 29.5 Å². The third-order valence-electron chi connectivity index (χ3n) is 3.61. The first-order chi connectivity index (χ1) is 11.1. The largest absolute Gasteiger partial charge is 0.361 e. The van der Waals surface area contributed by atoms with Gasteiger partial charge in [-0.1, -0.05) is 42.0 Å². The molecule has 0 radical (unpaired) electrons. The highest BCUT2D eigenvalue weighted by molar-refractivity contribution is 6.27. The Kier molecular flexibility index (Phi) is 6.20. The molecule has 3 nitrogen and oxygen atoms in total. The van der Waals surface area contributed by atoms with Crippen molar-refractivity contribution >= 4 is 34.0 Å². The van der Waals surface area contributed by atoms with E-state index in [4.69, 9.17) is 16.3 Å². The second kappa shape index (κ2) is 8.14. The van der Waals surface area contributed by atoms with Crippen LogP contribution in [0.3, 0.4) is 0 Å². The van der Waals surface area contributed by atoms with E-state index in [-0.39, 0.29) is 18.5 Å². The first-order valence-corrected chi connectivity index (χ1v) is 8.22. The molecule has 0 fully saturated rings. The van der Waals surface area contributed by atoms with E-state index in [2.05, 4.69) is 24.3 Å². The highest BCUT2D eigenvalue weighted by Crippen LogP contribution is 2.27. The summed E-state index contributed by atoms with van der Waals surface area (Å²) < 4.78 is 5.47. The van der Waals surface area contributed by atoms with Gasteiger partial charge in [-0.2, -0.15) is 0 Å². The SMILES string of the molecule is CCOCN(C(=O)CCl)C(=C(C)C)c1ccc2ccccc2c1. The molecule has 122 valence electrons. The zero-order valence-corrected chi connectivity index (χ0v) is 14.6. The van der Waals surface area contributed by atoms with E-state index in [9.17, 15) is 4.79 Å². The molecule has 4 heteroatoms. The molecule has 2 rings (SSSR count). The number of alkyl halides is 1. The fourth-order valence-electron chi connectivity index (χ4n) is 2.57. The van der Waals surface area contributed by atoms with Crippen molar-refractivity contribution in [1.29, 1.82) is 0 Å². The molecule has 0 saturated heterocycles. The number of hydrogen-bond donors (Lipinski definition) is 0. The maximum absolute atomic E-state index is 12.3. The summed E-state index contributed by atoms with van der Waals surface area (Å²) in [5.41, 5.74) is 2.88. The molecule has 0 bridgehead atoms. The third-order valence-corrected chi connectivity index (χ3v) is 3.83. The Bertz CT molecular complexity index is 720. The first kappa shape index (κ1) is 17.5. The number of benzene rings is 2. The molecule has 2 aromatic rings. The molecular formula is C19H22ClNO2. The smallest absolute Gasteiger partial charge is 0.243 e. The van der Waals surface area contributed by atoms with Gasteiger partial charge in [-0.3, -0.25) is 9.69 Å². The molecule has 0 aliphatic heterocycles. The van der Waals surface area contributed by atoms with Gasteiger partial charge >= 0.3 is 0 Å². The lowest BCUT2D eigenvalue weighted by Gasteiger charge is -2.26. The number of halogens is 1. The number of carbonyl (C=O) groups excluding carboxylic acids is 1. The Morgan fingerprint density at radius 2 is 1.83 bits per heavy atom. The van der Waals surface area contributed by atoms with Crippen molar-refractivity contribution in [2.75, 3.05) is 19.2 Å². The summed E-state index contributed by atoms with van der Waals surface area (Å²) >= 11 is 5.79. The van der Waals surface area contributed by atoms with Crippen LogP contribution in [0.1, 0.15) is 26.3 Å². The molecule has 0 N–H and O–H groups in total. The number of fused-ring (bicyclic) bond motifs is 1. The number of rotatable bonds is 6. The number of hydrogen-bond acceptors (Lipinski definition) is 2. The van der Waals surface area contributed by atoms with Gasteiger partial charge in [0.25, 0.3) is 0 Å². The van der Waals surface area contributed by atoms with Crippen LogP contribution in [0, 0.1) is 0 Å². The molecule has 0 spiro atoms. The monoisotopic (exact) mass is 331 g/mol. The van der Waals surface area contributed by atoms with Crippen molar-refractivity contribution in [3.63, 3.8) is 0 Å². The van der Waals surface area contributed by atoms with E-state index in [0.29, 0.717) is 6.61 Å². The molecule has 23 heavy (non-hydrogen) atoms. The fourth-order valence-corrected chi connectivity index (χ4v) is 2.71. The normalized spacial score (nSPS) is 10.6. The first-order valence-electron chi connectivity index (χ1n) is 7.69. The van der Waals surface area contributed by atoms with Gasteiger partial charge in [0.15, 0.2) is 0 Å². The zero-order valence-electron chi connectivity index (χ0n) is 13.8. The lowest BCUT2D eigenvalue weighted by molar-refractivity contribution is -0.129. The van der Waals surface area contributed by atoms with Crippen molar-refractivity contribution in [1.82, 2.24) is 4.90 Å². The number of allylic oxidation sites excluding steroid dienone is 1. The Hall–Kier alpha value is -1.84. The Balaban J connectivity index is 2.50. The molecule has 0 aliphatic rings. The van der Waals surface area contributed by atoms with E-state index in [1.807, 2.05) is 39.0 Å². The molecule has 1 amide bonds. The van der Waals surface area contributed by atoms with E-state index in [1.54, 1.807) is 4.90 Å². The van der Waals surface area contributed by atoms with Gasteiger partial charge < -0.3 is 4.74 Å². The molecule has 0 aliphatic carbocycles. The summed E-state index contributed by atoms with van der Waals surface area (Å²) in [5, 5.41) is 2.31. The quantitative estimate of drug-likeness (QED) is 0.569. The van der Waals surface area contributed by atoms with Crippen LogP contribution in [0.15, 0.2) is 48.0 Å². The average Bonchev–Trinajstić information content (AvgIpc) is 2.57. The Labute approximate surface area is 142 Å². The minimum Gasteiger partial charge on any atom is -0.361 e. The number of ether oxygens (including phenoxy) is 1. The van der Waals surface area contributed by atoms with E-state index in [1.165, 1.54) is 5.39 Å². The second-order valence-electron chi connectivity index (χ2n) is 5.49. The van der Waals surface area contributed by atoms with Gasteiger partial charge in [-0.25, -0.2) is 0 Å². The maximum atomic E-state index is 12.3. The maximum Gasteiger partial charge on any atom is 0.243 e. The van der Waals surface area contributed by atoms with Gasteiger partial charge in [0.1, 0.15) is 12.6 Å². The van der Waals surface area contributed by atoms with Gasteiger partial charge in [0.2, 0.25) is 5.91 Å². The van der Waals surface area contributed by atoms with Crippen molar-refractivity contribution in [3.8, 4) is 0 Å². The summed E-state index contributed by atoms with van der Waals surface area (Å²) in [6.45, 7) is 6.63. The second-order valence-corrected chi connectivity index (χ2v) is 5.76. The van der Waals surface area contributed by atoms with Crippen LogP contribution in [-0.2, 0) is 9.53 Å². The Morgan fingerprint density at radius 1 is 1.13 bits per heavy atom. The Morgan fingerprint density at radius 3 is 2.43 bits per heavy atom. The molecule has 0 heterocycles. The minimum atomic E-state index is -0.163. The van der Waals surface area contributed by atoms with Crippen molar-refractivity contribution < 1.29 is 9.53 Å². The van der Waals surface area contributed by atoms with Crippen molar-refractivity contribution in [3.05, 3.63) is 53.6 Å². The lowest BCUT2D eigenvalue weighted by atomic mass is 10.0. The average molecular weight is 332 g/mol. The number of nitrogens with zero attached hydrogens (tertiary/aromatic N) is 1. The van der Waals surface area contributed by atoms with Crippen LogP contribution in [-0.4, -0.2) is 30.0 Å². The van der Waals surface area contributed by atoms with Crippen LogP contribution in [0.4, 0.5) is 0 Å². The predicted octanol–water partition coefficient (Wildman–Crippen LogP) is 4.65. The molecule has 0 aromatic heterocycles. The highest BCUT2D eigenvalue weighted by atomic mass is 35.5. The molecule has 2 aromatic carbocycles. The molecular weight excluding hydrogens is 310 g/mol. The highest BCUT2D eigenvalue weighted by Gasteiger charge is 2.20. The van der Waals surface area contributed by atoms with Crippen LogP contribution in [0.5, 0.6) is 0 Å². The van der Waals surface area contributed by atoms with Gasteiger partial charge in [-0.05, 0) is 43.2 Å². The van der Waals surface area contributed by atoms with Gasteiger partial charge in [0.05, 0.1) is 5.70 Å². The van der Waals surface area contributed by atoms with Crippen LogP contribution in [0.25, 0.3) is 16.5 Å². The summed E-state index contributed by atoms with van der Waals surface area (Å²) in [6, 6.07) is 14.4. The fraction of sp³-hybridized carbons (Fsp3) is 0.316. The number of carbonyl (C=O) groups is 1. The summed E-state index contributed by atoms with van der Waals surface area (Å²) in [7, 11) is 0. The predicted molar refractivity (Wildman–Crippen MR) is 96.3 cm³/mol. The van der Waals surface area contributed by atoms with Crippen LogP contribution >= 0.6 is 11.6 Å². The summed E-state index contributed by atoms with van der Waals surface area (Å²) in [4.78, 5) is 13.9. The van der Waals surface area contributed by atoms with Gasteiger partial charge in [-0.15, -0.1) is 11.6 Å². The van der Waals surface area contributed by atoms with Crippen LogP contribution in [0.2, 0.25) is 0 Å². The molecule has 0 saturated carbocycles. The number of amides is 1. The standard InChI is InChI=1S/C19H22ClNO2/c1-4-23-13-21(18(22)12-20)19(14(2)3)17-10-9-15-7-5-6-8-16(15)11-17/h5-11H,4,12-13H2,1-3H3. The van der Waals surface area contributed by atoms with Crippen LogP contribution < -0.4 is 0 Å². The lowest BCUT2D eigenvalue weighted by Crippen LogP contribution is -2.33. The third kappa shape index (κ3) is 4.12. The minimum absolute atomic E-state index is 0.0720. The van der Waals surface area contributed by atoms with Gasteiger partial charge in [0, 0.05) is 6.61 Å². The summed E-state index contributed by atoms with van der Waals surface area (Å²) in [5.74, 6) is -0.235. The van der Waals surface area contributed by atoms with Crippen molar-refractivity contribution in [2.24, 2.45) is 0 Å². The molecule has 0 atom stereocenters. The zero-order chi connectivity index (χ0) is 16.8. The van der Waals surface area contributed by atoms with E-state index in [0.717, 1.165) is 22.2 Å². The summed E-state index contributed by atoms with van der Waals surface area (Å²) in [6.07, 6.45) is 0. The van der Waals surface area contributed by atoms with E-state index >= 15 is 0 Å².